The molecule has 0 unspecified atom stereocenters. The molecule has 0 aliphatic carbocycles. The maximum Gasteiger partial charge on any atom is 0.282 e. The molecule has 2 aliphatic heterocycles. The molecule has 0 saturated carbocycles. The highest BCUT2D eigenvalue weighted by Crippen LogP contribution is 2.38. The van der Waals surface area contributed by atoms with Crippen LogP contribution in [0.1, 0.15) is 12.8 Å². The zero-order valence-electron chi connectivity index (χ0n) is 9.74. The smallest absolute Gasteiger partial charge is 0.282 e. The van der Waals surface area contributed by atoms with E-state index >= 15 is 0 Å². The molecule has 2 fully saturated rings. The third-order valence-corrected chi connectivity index (χ3v) is 3.64. The lowest BCUT2D eigenvalue weighted by Gasteiger charge is -2.40. The Morgan fingerprint density at radius 3 is 2.17 bits per heavy atom. The molecule has 1 aromatic rings. The topological polar surface area (TPSA) is 32.3 Å². The van der Waals surface area contributed by atoms with E-state index in [0.717, 1.165) is 25.9 Å². The molecule has 0 radical (unpaired) electrons. The molecule has 0 bridgehead atoms. The highest BCUT2D eigenvalue weighted by Gasteiger charge is 2.45. The van der Waals surface area contributed by atoms with Crippen molar-refractivity contribution in [3.8, 4) is 0 Å². The second-order valence-electron chi connectivity index (χ2n) is 4.74. The third kappa shape index (κ3) is 1.98. The highest BCUT2D eigenvalue weighted by molar-refractivity contribution is 6.35. The van der Waals surface area contributed by atoms with Gasteiger partial charge in [0.25, 0.3) is 5.92 Å². The number of rotatable bonds is 2. The molecular formula is C11H13ClF2N4. The summed E-state index contributed by atoms with van der Waals surface area (Å²) in [6, 6.07) is 0. The van der Waals surface area contributed by atoms with Crippen LogP contribution in [0.25, 0.3) is 0 Å². The summed E-state index contributed by atoms with van der Waals surface area (Å²) in [4.78, 5) is 11.8. The van der Waals surface area contributed by atoms with Crippen molar-refractivity contribution in [1.29, 1.82) is 0 Å². The highest BCUT2D eigenvalue weighted by atomic mass is 35.5. The summed E-state index contributed by atoms with van der Waals surface area (Å²) in [5.41, 5.74) is 0. The fourth-order valence-corrected chi connectivity index (χ4v) is 2.72. The molecule has 18 heavy (non-hydrogen) atoms. The number of alkyl halides is 2. The number of anilines is 2. The molecule has 4 nitrogen and oxygen atoms in total. The first-order chi connectivity index (χ1) is 8.57. The lowest BCUT2D eigenvalue weighted by molar-refractivity contribution is -0.0266. The Morgan fingerprint density at radius 1 is 1.06 bits per heavy atom. The maximum absolute atomic E-state index is 12.9. The van der Waals surface area contributed by atoms with E-state index < -0.39 is 5.92 Å². The van der Waals surface area contributed by atoms with Gasteiger partial charge in [0.2, 0.25) is 0 Å². The van der Waals surface area contributed by atoms with E-state index in [0.29, 0.717) is 16.7 Å². The van der Waals surface area contributed by atoms with E-state index in [-0.39, 0.29) is 13.1 Å². The molecule has 7 heteroatoms. The van der Waals surface area contributed by atoms with Crippen molar-refractivity contribution in [2.24, 2.45) is 0 Å². The average Bonchev–Trinajstić information content (AvgIpc) is 2.79. The first-order valence-corrected chi connectivity index (χ1v) is 6.33. The van der Waals surface area contributed by atoms with Gasteiger partial charge in [0.1, 0.15) is 11.3 Å². The second-order valence-corrected chi connectivity index (χ2v) is 5.12. The van der Waals surface area contributed by atoms with Crippen molar-refractivity contribution in [2.75, 3.05) is 36.0 Å². The van der Waals surface area contributed by atoms with Gasteiger partial charge in [-0.05, 0) is 12.8 Å². The zero-order chi connectivity index (χ0) is 12.8. The minimum absolute atomic E-state index is 0.316. The van der Waals surface area contributed by atoms with Gasteiger partial charge in [0.15, 0.2) is 11.6 Å². The van der Waals surface area contributed by atoms with Crippen LogP contribution in [-0.4, -0.2) is 42.1 Å². The van der Waals surface area contributed by atoms with Gasteiger partial charge in [-0.15, -0.1) is 0 Å². The first kappa shape index (κ1) is 11.9. The standard InChI is InChI=1S/C11H13ClF2N4/c12-8-9(17-3-1-2-4-17)15-7-16-10(8)18-5-11(13,14)6-18/h7H,1-6H2. The molecule has 0 aromatic carbocycles. The Kier molecular flexibility index (Phi) is 2.77. The third-order valence-electron chi connectivity index (χ3n) is 3.30. The van der Waals surface area contributed by atoms with Crippen LogP contribution in [0, 0.1) is 0 Å². The first-order valence-electron chi connectivity index (χ1n) is 5.95. The van der Waals surface area contributed by atoms with Crippen molar-refractivity contribution in [3.63, 3.8) is 0 Å². The molecule has 1 aromatic heterocycles. The molecule has 98 valence electrons. The minimum atomic E-state index is -2.62. The SMILES string of the molecule is FC1(F)CN(c2ncnc(N3CCCC3)c2Cl)C1. The van der Waals surface area contributed by atoms with Crippen LogP contribution in [-0.2, 0) is 0 Å². The maximum atomic E-state index is 12.9. The van der Waals surface area contributed by atoms with Crippen molar-refractivity contribution < 1.29 is 8.78 Å². The lowest BCUT2D eigenvalue weighted by Crippen LogP contribution is -2.56. The average molecular weight is 275 g/mol. The van der Waals surface area contributed by atoms with Crippen molar-refractivity contribution >= 4 is 23.2 Å². The van der Waals surface area contributed by atoms with Crippen molar-refractivity contribution in [2.45, 2.75) is 18.8 Å². The minimum Gasteiger partial charge on any atom is -0.355 e. The molecule has 3 rings (SSSR count). The fraction of sp³-hybridized carbons (Fsp3) is 0.636. The molecule has 0 amide bonds. The van der Waals surface area contributed by atoms with Gasteiger partial charge in [0.05, 0.1) is 13.1 Å². The summed E-state index contributed by atoms with van der Waals surface area (Å²) in [5.74, 6) is -1.55. The summed E-state index contributed by atoms with van der Waals surface area (Å²) in [6.45, 7) is 1.19. The number of nitrogens with zero attached hydrogens (tertiary/aromatic N) is 4. The number of hydrogen-bond acceptors (Lipinski definition) is 4. The van der Waals surface area contributed by atoms with Crippen LogP contribution in [0.2, 0.25) is 5.02 Å². The van der Waals surface area contributed by atoms with E-state index in [2.05, 4.69) is 14.9 Å². The van der Waals surface area contributed by atoms with E-state index in [1.165, 1.54) is 11.2 Å². The zero-order valence-corrected chi connectivity index (χ0v) is 10.5. The Balaban J connectivity index is 1.85. The predicted molar refractivity (Wildman–Crippen MR) is 65.6 cm³/mol. The Morgan fingerprint density at radius 2 is 1.61 bits per heavy atom. The van der Waals surface area contributed by atoms with Crippen molar-refractivity contribution in [3.05, 3.63) is 11.3 Å². The van der Waals surface area contributed by atoms with Gasteiger partial charge in [-0.25, -0.2) is 18.7 Å². The van der Waals surface area contributed by atoms with E-state index in [4.69, 9.17) is 11.6 Å². The Hall–Kier alpha value is -1.17. The van der Waals surface area contributed by atoms with Gasteiger partial charge in [-0.3, -0.25) is 0 Å². The van der Waals surface area contributed by atoms with Gasteiger partial charge in [0, 0.05) is 13.1 Å². The summed E-state index contributed by atoms with van der Waals surface area (Å²) < 4.78 is 25.7. The summed E-state index contributed by atoms with van der Waals surface area (Å²) in [6.07, 6.45) is 3.61. The molecule has 3 heterocycles. The van der Waals surface area contributed by atoms with E-state index in [1.54, 1.807) is 0 Å². The van der Waals surface area contributed by atoms with Gasteiger partial charge in [-0.2, -0.15) is 0 Å². The van der Waals surface area contributed by atoms with E-state index in [1.807, 2.05) is 0 Å². The van der Waals surface area contributed by atoms with Crippen LogP contribution in [0.15, 0.2) is 6.33 Å². The van der Waals surface area contributed by atoms with Crippen LogP contribution < -0.4 is 9.80 Å². The van der Waals surface area contributed by atoms with Gasteiger partial charge >= 0.3 is 0 Å². The van der Waals surface area contributed by atoms with Gasteiger partial charge < -0.3 is 9.80 Å². The Labute approximate surface area is 109 Å². The number of hydrogen-bond donors (Lipinski definition) is 0. The summed E-state index contributed by atoms with van der Waals surface area (Å²) in [7, 11) is 0. The molecule has 0 atom stereocenters. The second kappa shape index (κ2) is 4.19. The Bertz CT molecular complexity index is 454. The molecule has 2 saturated heterocycles. The number of halogens is 3. The van der Waals surface area contributed by atoms with Gasteiger partial charge in [-0.1, -0.05) is 11.6 Å². The fourth-order valence-electron chi connectivity index (χ4n) is 2.38. The van der Waals surface area contributed by atoms with Crippen molar-refractivity contribution in [1.82, 2.24) is 9.97 Å². The largest absolute Gasteiger partial charge is 0.355 e. The molecule has 0 N–H and O–H groups in total. The quantitative estimate of drug-likeness (QED) is 0.827. The van der Waals surface area contributed by atoms with Crippen LogP contribution in [0.5, 0.6) is 0 Å². The van der Waals surface area contributed by atoms with E-state index in [9.17, 15) is 8.78 Å². The predicted octanol–water partition coefficient (Wildman–Crippen LogP) is 2.19. The lowest BCUT2D eigenvalue weighted by atomic mass is 10.1. The van der Waals surface area contributed by atoms with Crippen LogP contribution in [0.4, 0.5) is 20.4 Å². The normalized spacial score (nSPS) is 22.2. The molecule has 2 aliphatic rings. The monoisotopic (exact) mass is 274 g/mol. The number of aromatic nitrogens is 2. The summed E-state index contributed by atoms with van der Waals surface area (Å²) in [5, 5.41) is 0.384. The van der Waals surface area contributed by atoms with Crippen LogP contribution >= 0.6 is 11.6 Å². The summed E-state index contributed by atoms with van der Waals surface area (Å²) >= 11 is 6.24. The molecule has 0 spiro atoms. The van der Waals surface area contributed by atoms with Crippen LogP contribution in [0.3, 0.4) is 0 Å². The molecular weight excluding hydrogens is 262 g/mol.